The van der Waals surface area contributed by atoms with Gasteiger partial charge in [-0.25, -0.2) is 4.39 Å². The number of aryl methyl sites for hydroxylation is 1. The van der Waals surface area contributed by atoms with Crippen LogP contribution in [0.4, 0.5) is 4.39 Å². The summed E-state index contributed by atoms with van der Waals surface area (Å²) in [7, 11) is 0. The van der Waals surface area contributed by atoms with E-state index in [-0.39, 0.29) is 5.82 Å². The maximum atomic E-state index is 13.4. The zero-order chi connectivity index (χ0) is 12.1. The van der Waals surface area contributed by atoms with Gasteiger partial charge in [0, 0.05) is 6.42 Å². The summed E-state index contributed by atoms with van der Waals surface area (Å²) in [5, 5.41) is 7.77. The van der Waals surface area contributed by atoms with Crippen LogP contribution in [0.25, 0.3) is 0 Å². The summed E-state index contributed by atoms with van der Waals surface area (Å²) in [6, 6.07) is 6.56. The van der Waals surface area contributed by atoms with Crippen LogP contribution in [-0.2, 0) is 12.8 Å². The maximum absolute atomic E-state index is 13.4. The number of rotatable bonds is 5. The zero-order valence-corrected chi connectivity index (χ0v) is 9.40. The summed E-state index contributed by atoms with van der Waals surface area (Å²) in [6.45, 7) is 0.588. The lowest BCUT2D eigenvalue weighted by molar-refractivity contribution is 0.450. The highest BCUT2D eigenvalue weighted by Gasteiger charge is 2.09. The molecule has 2 rings (SSSR count). The predicted octanol–water partition coefficient (Wildman–Crippen LogP) is 1.69. The van der Waals surface area contributed by atoms with E-state index in [4.69, 9.17) is 10.2 Å². The van der Waals surface area contributed by atoms with Gasteiger partial charge in [0.05, 0.1) is 6.42 Å². The molecule has 0 aliphatic rings. The number of benzene rings is 1. The molecule has 0 spiro atoms. The lowest BCUT2D eigenvalue weighted by Gasteiger charge is -1.98. The topological polar surface area (TPSA) is 64.9 Å². The van der Waals surface area contributed by atoms with Gasteiger partial charge in [-0.2, -0.15) is 0 Å². The molecule has 17 heavy (non-hydrogen) atoms. The molecule has 0 radical (unpaired) electrons. The summed E-state index contributed by atoms with van der Waals surface area (Å²) in [4.78, 5) is 0. The minimum Gasteiger partial charge on any atom is -0.425 e. The summed E-state index contributed by atoms with van der Waals surface area (Å²) in [5.74, 6) is 0.734. The van der Waals surface area contributed by atoms with Crippen molar-refractivity contribution in [3.8, 4) is 0 Å². The molecule has 0 unspecified atom stereocenters. The monoisotopic (exact) mass is 235 g/mol. The van der Waals surface area contributed by atoms with Crippen LogP contribution in [0.15, 0.2) is 28.7 Å². The van der Waals surface area contributed by atoms with Gasteiger partial charge in [0.2, 0.25) is 11.8 Å². The third kappa shape index (κ3) is 3.10. The molecule has 0 bridgehead atoms. The molecule has 0 saturated carbocycles. The fraction of sp³-hybridized carbons (Fsp3) is 0.333. The van der Waals surface area contributed by atoms with Crippen LogP contribution in [0.1, 0.15) is 23.8 Å². The van der Waals surface area contributed by atoms with Crippen LogP contribution >= 0.6 is 0 Å². The van der Waals surface area contributed by atoms with E-state index in [1.807, 2.05) is 0 Å². The first-order chi connectivity index (χ1) is 8.29. The summed E-state index contributed by atoms with van der Waals surface area (Å²) < 4.78 is 18.8. The zero-order valence-electron chi connectivity index (χ0n) is 9.40. The first kappa shape index (κ1) is 11.7. The number of halogens is 1. The van der Waals surface area contributed by atoms with Gasteiger partial charge in [-0.1, -0.05) is 18.2 Å². The van der Waals surface area contributed by atoms with E-state index in [0.29, 0.717) is 36.7 Å². The van der Waals surface area contributed by atoms with Crippen LogP contribution in [0.3, 0.4) is 0 Å². The van der Waals surface area contributed by atoms with Crippen LogP contribution in [0, 0.1) is 5.82 Å². The minimum atomic E-state index is -0.255. The molecule has 1 aromatic carbocycles. The number of hydrogen-bond acceptors (Lipinski definition) is 4. The molecule has 1 heterocycles. The largest absolute Gasteiger partial charge is 0.425 e. The van der Waals surface area contributed by atoms with E-state index in [9.17, 15) is 4.39 Å². The van der Waals surface area contributed by atoms with Crippen LogP contribution in [-0.4, -0.2) is 16.7 Å². The van der Waals surface area contributed by atoms with E-state index in [0.717, 1.165) is 6.42 Å². The third-order valence-corrected chi connectivity index (χ3v) is 2.40. The summed E-state index contributed by atoms with van der Waals surface area (Å²) in [6.07, 6.45) is 1.80. The highest BCUT2D eigenvalue weighted by molar-refractivity contribution is 5.20. The lowest BCUT2D eigenvalue weighted by Crippen LogP contribution is -2.00. The Balaban J connectivity index is 2.04. The molecule has 2 N–H and O–H groups in total. The average molecular weight is 235 g/mol. The van der Waals surface area contributed by atoms with Gasteiger partial charge in [0.1, 0.15) is 5.82 Å². The first-order valence-electron chi connectivity index (χ1n) is 5.54. The Hall–Kier alpha value is -1.75. The fourth-order valence-corrected chi connectivity index (χ4v) is 1.52. The molecule has 4 nitrogen and oxygen atoms in total. The summed E-state index contributed by atoms with van der Waals surface area (Å²) in [5.41, 5.74) is 5.94. The van der Waals surface area contributed by atoms with Crippen molar-refractivity contribution in [2.24, 2.45) is 5.73 Å². The lowest BCUT2D eigenvalue weighted by atomic mass is 10.1. The molecule has 90 valence electrons. The normalized spacial score (nSPS) is 10.7. The number of nitrogens with two attached hydrogens (primary N) is 1. The third-order valence-electron chi connectivity index (χ3n) is 2.40. The SMILES string of the molecule is NCCCc1nnc(Cc2ccccc2F)o1. The highest BCUT2D eigenvalue weighted by atomic mass is 19.1. The number of nitrogens with zero attached hydrogens (tertiary/aromatic N) is 2. The second kappa shape index (κ2) is 5.54. The van der Waals surface area contributed by atoms with Gasteiger partial charge >= 0.3 is 0 Å². The summed E-state index contributed by atoms with van der Waals surface area (Å²) >= 11 is 0. The van der Waals surface area contributed by atoms with Crippen LogP contribution in [0.5, 0.6) is 0 Å². The molecule has 0 atom stereocenters. The molecule has 5 heteroatoms. The number of aromatic nitrogens is 2. The number of hydrogen-bond donors (Lipinski definition) is 1. The second-order valence-electron chi connectivity index (χ2n) is 3.75. The van der Waals surface area contributed by atoms with Gasteiger partial charge in [-0.05, 0) is 24.6 Å². The van der Waals surface area contributed by atoms with Crippen molar-refractivity contribution < 1.29 is 8.81 Å². The molecule has 0 saturated heterocycles. The smallest absolute Gasteiger partial charge is 0.221 e. The van der Waals surface area contributed by atoms with Crippen molar-refractivity contribution in [3.05, 3.63) is 47.4 Å². The van der Waals surface area contributed by atoms with E-state index >= 15 is 0 Å². The van der Waals surface area contributed by atoms with E-state index in [1.165, 1.54) is 6.07 Å². The van der Waals surface area contributed by atoms with Gasteiger partial charge < -0.3 is 10.2 Å². The fourth-order valence-electron chi connectivity index (χ4n) is 1.52. The molecule has 2 aromatic rings. The van der Waals surface area contributed by atoms with Gasteiger partial charge in [0.25, 0.3) is 0 Å². The minimum absolute atomic E-state index is 0.255. The van der Waals surface area contributed by atoms with Crippen molar-refractivity contribution in [1.29, 1.82) is 0 Å². The van der Waals surface area contributed by atoms with E-state index < -0.39 is 0 Å². The molecule has 0 amide bonds. The van der Waals surface area contributed by atoms with Gasteiger partial charge in [0.15, 0.2) is 0 Å². The van der Waals surface area contributed by atoms with Crippen LogP contribution in [0.2, 0.25) is 0 Å². The Morgan fingerprint density at radius 1 is 1.18 bits per heavy atom. The molecule has 0 aliphatic carbocycles. The molecule has 0 fully saturated rings. The van der Waals surface area contributed by atoms with Crippen molar-refractivity contribution in [2.45, 2.75) is 19.3 Å². The van der Waals surface area contributed by atoms with Gasteiger partial charge in [-0.15, -0.1) is 10.2 Å². The molecule has 0 aliphatic heterocycles. The Bertz CT molecular complexity index is 484. The Morgan fingerprint density at radius 2 is 1.94 bits per heavy atom. The molecular formula is C12H14FN3O. The van der Waals surface area contributed by atoms with E-state index in [1.54, 1.807) is 18.2 Å². The Kier molecular flexibility index (Phi) is 3.82. The van der Waals surface area contributed by atoms with Crippen LogP contribution < -0.4 is 5.73 Å². The molecular weight excluding hydrogens is 221 g/mol. The van der Waals surface area contributed by atoms with E-state index in [2.05, 4.69) is 10.2 Å². The standard InChI is InChI=1S/C12H14FN3O/c13-10-5-2-1-4-9(10)8-12-16-15-11(17-12)6-3-7-14/h1-2,4-5H,3,6-8,14H2. The Morgan fingerprint density at radius 3 is 2.71 bits per heavy atom. The second-order valence-corrected chi connectivity index (χ2v) is 3.75. The van der Waals surface area contributed by atoms with Crippen molar-refractivity contribution in [3.63, 3.8) is 0 Å². The molecule has 1 aromatic heterocycles. The quantitative estimate of drug-likeness (QED) is 0.856. The van der Waals surface area contributed by atoms with Crippen molar-refractivity contribution in [1.82, 2.24) is 10.2 Å². The highest BCUT2D eigenvalue weighted by Crippen LogP contribution is 2.12. The predicted molar refractivity (Wildman–Crippen MR) is 60.9 cm³/mol. The van der Waals surface area contributed by atoms with Gasteiger partial charge in [-0.3, -0.25) is 0 Å². The first-order valence-corrected chi connectivity index (χ1v) is 5.54. The van der Waals surface area contributed by atoms with Crippen molar-refractivity contribution in [2.75, 3.05) is 6.54 Å². The maximum Gasteiger partial charge on any atom is 0.221 e. The Labute approximate surface area is 98.7 Å². The average Bonchev–Trinajstić information content (AvgIpc) is 2.77. The van der Waals surface area contributed by atoms with Crippen molar-refractivity contribution >= 4 is 0 Å².